The van der Waals surface area contributed by atoms with Gasteiger partial charge in [0, 0.05) is 47.4 Å². The first-order valence-electron chi connectivity index (χ1n) is 8.16. The van der Waals surface area contributed by atoms with E-state index in [1.54, 1.807) is 13.2 Å². The Hall–Kier alpha value is -1.67. The molecule has 0 aromatic heterocycles. The molecular formula is C19H20FIN2O2. The second-order valence-electron chi connectivity index (χ2n) is 6.03. The molecule has 3 rings (SSSR count). The van der Waals surface area contributed by atoms with E-state index in [4.69, 9.17) is 4.74 Å². The first-order chi connectivity index (χ1) is 12.1. The Kier molecular flexibility index (Phi) is 5.90. The number of hydrogen-bond acceptors (Lipinski definition) is 3. The van der Waals surface area contributed by atoms with Crippen LogP contribution in [0.25, 0.3) is 0 Å². The van der Waals surface area contributed by atoms with Gasteiger partial charge in [0.15, 0.2) is 0 Å². The second-order valence-corrected chi connectivity index (χ2v) is 7.28. The lowest BCUT2D eigenvalue weighted by Crippen LogP contribution is -2.48. The van der Waals surface area contributed by atoms with Crippen LogP contribution in [0.2, 0.25) is 0 Å². The van der Waals surface area contributed by atoms with Gasteiger partial charge in [0.25, 0.3) is 5.91 Å². The molecule has 0 radical (unpaired) electrons. The number of methoxy groups -OCH3 is 1. The van der Waals surface area contributed by atoms with Gasteiger partial charge in [0.05, 0.1) is 7.11 Å². The fraction of sp³-hybridized carbons (Fsp3) is 0.316. The number of rotatable bonds is 4. The molecule has 0 bridgehead atoms. The summed E-state index contributed by atoms with van der Waals surface area (Å²) in [4.78, 5) is 16.7. The van der Waals surface area contributed by atoms with E-state index < -0.39 is 0 Å². The molecule has 2 aromatic rings. The normalized spacial score (nSPS) is 15.2. The third-order valence-electron chi connectivity index (χ3n) is 4.39. The fourth-order valence-corrected chi connectivity index (χ4v) is 3.36. The second kappa shape index (κ2) is 8.14. The van der Waals surface area contributed by atoms with Crippen LogP contribution in [0.1, 0.15) is 15.9 Å². The van der Waals surface area contributed by atoms with E-state index in [1.165, 1.54) is 12.1 Å². The minimum Gasteiger partial charge on any atom is -0.496 e. The summed E-state index contributed by atoms with van der Waals surface area (Å²) in [5.74, 6) is 0.501. The Balaban J connectivity index is 1.59. The van der Waals surface area contributed by atoms with E-state index in [-0.39, 0.29) is 11.7 Å². The predicted octanol–water partition coefficient (Wildman–Crippen LogP) is 3.40. The maximum atomic E-state index is 13.5. The van der Waals surface area contributed by atoms with E-state index in [1.807, 2.05) is 29.2 Å². The lowest BCUT2D eigenvalue weighted by Gasteiger charge is -2.35. The highest BCUT2D eigenvalue weighted by molar-refractivity contribution is 14.1. The molecular weight excluding hydrogens is 434 g/mol. The standard InChI is InChI=1S/C19H20FIN2O2/c1-25-18-7-4-16(20)12-15(18)13-22-8-10-23(11-9-22)19(24)14-2-5-17(21)6-3-14/h2-7,12H,8-11,13H2,1H3. The average Bonchev–Trinajstić information content (AvgIpc) is 2.63. The largest absolute Gasteiger partial charge is 0.496 e. The first-order valence-corrected chi connectivity index (χ1v) is 9.24. The van der Waals surface area contributed by atoms with Crippen molar-refractivity contribution in [1.29, 1.82) is 0 Å². The van der Waals surface area contributed by atoms with E-state index >= 15 is 0 Å². The maximum Gasteiger partial charge on any atom is 0.253 e. The number of amides is 1. The molecule has 0 atom stereocenters. The molecule has 0 spiro atoms. The Labute approximate surface area is 160 Å². The molecule has 0 saturated carbocycles. The van der Waals surface area contributed by atoms with Gasteiger partial charge in [0.2, 0.25) is 0 Å². The van der Waals surface area contributed by atoms with Crippen molar-refractivity contribution in [2.75, 3.05) is 33.3 Å². The summed E-state index contributed by atoms with van der Waals surface area (Å²) in [7, 11) is 1.59. The number of carbonyl (C=O) groups is 1. The van der Waals surface area contributed by atoms with Gasteiger partial charge in [-0.15, -0.1) is 0 Å². The number of halogens is 2. The van der Waals surface area contributed by atoms with Gasteiger partial charge >= 0.3 is 0 Å². The molecule has 0 aliphatic carbocycles. The number of hydrogen-bond donors (Lipinski definition) is 0. The summed E-state index contributed by atoms with van der Waals surface area (Å²) in [6.45, 7) is 3.48. The molecule has 1 fully saturated rings. The van der Waals surface area contributed by atoms with Crippen molar-refractivity contribution >= 4 is 28.5 Å². The monoisotopic (exact) mass is 454 g/mol. The third-order valence-corrected chi connectivity index (χ3v) is 5.11. The molecule has 1 amide bonds. The summed E-state index contributed by atoms with van der Waals surface area (Å²) in [6.07, 6.45) is 0. The molecule has 1 heterocycles. The Morgan fingerprint density at radius 2 is 1.80 bits per heavy atom. The smallest absolute Gasteiger partial charge is 0.253 e. The summed E-state index contributed by atoms with van der Waals surface area (Å²) in [5, 5.41) is 0. The Morgan fingerprint density at radius 3 is 2.44 bits per heavy atom. The molecule has 6 heteroatoms. The first kappa shape index (κ1) is 18.1. The molecule has 1 saturated heterocycles. The lowest BCUT2D eigenvalue weighted by atomic mass is 10.1. The van der Waals surface area contributed by atoms with Crippen LogP contribution >= 0.6 is 22.6 Å². The van der Waals surface area contributed by atoms with Crippen molar-refractivity contribution in [3.63, 3.8) is 0 Å². The van der Waals surface area contributed by atoms with Crippen LogP contribution in [0.15, 0.2) is 42.5 Å². The van der Waals surface area contributed by atoms with Crippen molar-refractivity contribution in [1.82, 2.24) is 9.80 Å². The fourth-order valence-electron chi connectivity index (χ4n) is 3.00. The van der Waals surface area contributed by atoms with Crippen LogP contribution in [0.5, 0.6) is 5.75 Å². The van der Waals surface area contributed by atoms with Crippen molar-refractivity contribution in [2.45, 2.75) is 6.54 Å². The number of nitrogens with zero attached hydrogens (tertiary/aromatic N) is 2. The highest BCUT2D eigenvalue weighted by atomic mass is 127. The molecule has 0 N–H and O–H groups in total. The van der Waals surface area contributed by atoms with Crippen LogP contribution in [-0.2, 0) is 6.54 Å². The van der Waals surface area contributed by atoms with Gasteiger partial charge in [-0.05, 0) is 65.1 Å². The van der Waals surface area contributed by atoms with E-state index in [0.717, 1.165) is 27.8 Å². The van der Waals surface area contributed by atoms with Gasteiger partial charge in [-0.2, -0.15) is 0 Å². The molecule has 4 nitrogen and oxygen atoms in total. The van der Waals surface area contributed by atoms with Crippen molar-refractivity contribution in [2.24, 2.45) is 0 Å². The van der Waals surface area contributed by atoms with Gasteiger partial charge in [-0.25, -0.2) is 4.39 Å². The van der Waals surface area contributed by atoms with E-state index in [9.17, 15) is 9.18 Å². The van der Waals surface area contributed by atoms with Crippen LogP contribution in [0.4, 0.5) is 4.39 Å². The minimum absolute atomic E-state index is 0.0689. The quantitative estimate of drug-likeness (QED) is 0.665. The highest BCUT2D eigenvalue weighted by Crippen LogP contribution is 2.22. The number of carbonyl (C=O) groups excluding carboxylic acids is 1. The third kappa shape index (κ3) is 4.49. The topological polar surface area (TPSA) is 32.8 Å². The minimum atomic E-state index is -0.261. The van der Waals surface area contributed by atoms with Crippen molar-refractivity contribution in [3.8, 4) is 5.75 Å². The van der Waals surface area contributed by atoms with Crippen molar-refractivity contribution < 1.29 is 13.9 Å². The maximum absolute atomic E-state index is 13.5. The predicted molar refractivity (Wildman–Crippen MR) is 103 cm³/mol. The zero-order chi connectivity index (χ0) is 17.8. The number of ether oxygens (including phenoxy) is 1. The SMILES string of the molecule is COc1ccc(F)cc1CN1CCN(C(=O)c2ccc(I)cc2)CC1. The van der Waals surface area contributed by atoms with Gasteiger partial charge in [-0.1, -0.05) is 0 Å². The molecule has 0 unspecified atom stereocenters. The number of benzene rings is 2. The Morgan fingerprint density at radius 1 is 1.12 bits per heavy atom. The molecule has 25 heavy (non-hydrogen) atoms. The van der Waals surface area contributed by atoms with Crippen LogP contribution in [0.3, 0.4) is 0 Å². The van der Waals surface area contributed by atoms with Gasteiger partial charge in [0.1, 0.15) is 11.6 Å². The zero-order valence-electron chi connectivity index (χ0n) is 14.0. The lowest BCUT2D eigenvalue weighted by molar-refractivity contribution is 0.0627. The average molecular weight is 454 g/mol. The summed E-state index contributed by atoms with van der Waals surface area (Å²) >= 11 is 2.23. The van der Waals surface area contributed by atoms with Gasteiger partial charge in [-0.3, -0.25) is 9.69 Å². The highest BCUT2D eigenvalue weighted by Gasteiger charge is 2.22. The van der Waals surface area contributed by atoms with Crippen LogP contribution < -0.4 is 4.74 Å². The molecule has 1 aliphatic rings. The molecule has 1 aliphatic heterocycles. The summed E-state index contributed by atoms with van der Waals surface area (Å²) < 4.78 is 19.9. The zero-order valence-corrected chi connectivity index (χ0v) is 16.2. The summed E-state index contributed by atoms with van der Waals surface area (Å²) in [6, 6.07) is 12.2. The van der Waals surface area contributed by atoms with E-state index in [2.05, 4.69) is 27.5 Å². The number of piperazine rings is 1. The van der Waals surface area contributed by atoms with Crippen molar-refractivity contribution in [3.05, 3.63) is 63.0 Å². The van der Waals surface area contributed by atoms with E-state index in [0.29, 0.717) is 25.4 Å². The van der Waals surface area contributed by atoms with Crippen LogP contribution in [-0.4, -0.2) is 49.0 Å². The summed E-state index contributed by atoms with van der Waals surface area (Å²) in [5.41, 5.74) is 1.56. The molecule has 2 aromatic carbocycles. The Bertz CT molecular complexity index is 744. The van der Waals surface area contributed by atoms with Gasteiger partial charge < -0.3 is 9.64 Å². The molecule has 132 valence electrons. The van der Waals surface area contributed by atoms with Crippen LogP contribution in [0, 0.1) is 9.39 Å².